The fourth-order valence-electron chi connectivity index (χ4n) is 7.38. The van der Waals surface area contributed by atoms with Crippen molar-refractivity contribution in [3.05, 3.63) is 11.6 Å². The summed E-state index contributed by atoms with van der Waals surface area (Å²) in [6.45, 7) is 8.42. The molecule has 0 saturated heterocycles. The van der Waals surface area contributed by atoms with E-state index in [-0.39, 0.29) is 22.9 Å². The molecule has 3 nitrogen and oxygen atoms in total. The van der Waals surface area contributed by atoms with Crippen LogP contribution in [0.15, 0.2) is 11.6 Å². The smallest absolute Gasteiger partial charge is 0.302 e. The van der Waals surface area contributed by atoms with Gasteiger partial charge in [-0.3, -0.25) is 9.59 Å². The first-order chi connectivity index (χ1) is 12.3. The molecule has 4 aliphatic rings. The molecule has 26 heavy (non-hydrogen) atoms. The predicted molar refractivity (Wildman–Crippen MR) is 101 cm³/mol. The number of carbonyl (C=O) groups excluding carboxylic acids is 2. The Bertz CT molecular complexity index is 650. The van der Waals surface area contributed by atoms with Gasteiger partial charge in [-0.1, -0.05) is 32.8 Å². The van der Waals surface area contributed by atoms with Crippen LogP contribution < -0.4 is 0 Å². The summed E-state index contributed by atoms with van der Waals surface area (Å²) in [5.41, 5.74) is 1.46. The van der Waals surface area contributed by atoms with Gasteiger partial charge in [-0.25, -0.2) is 0 Å². The third-order valence-electron chi connectivity index (χ3n) is 8.89. The van der Waals surface area contributed by atoms with Crippen LogP contribution in [0.4, 0.5) is 0 Å². The minimum Gasteiger partial charge on any atom is -0.463 e. The number of hydrogen-bond donors (Lipinski definition) is 0. The zero-order chi connectivity index (χ0) is 18.7. The fourth-order valence-corrected chi connectivity index (χ4v) is 7.38. The number of carbonyl (C=O) groups is 2. The molecule has 4 rings (SSSR count). The lowest BCUT2D eigenvalue weighted by Gasteiger charge is -2.56. The van der Waals surface area contributed by atoms with E-state index in [0.29, 0.717) is 29.5 Å². The number of fused-ring (bicyclic) bond motifs is 5. The van der Waals surface area contributed by atoms with Gasteiger partial charge in [-0.15, -0.1) is 0 Å². The fraction of sp³-hybridized carbons (Fsp3) is 0.826. The van der Waals surface area contributed by atoms with Crippen molar-refractivity contribution in [1.29, 1.82) is 0 Å². The maximum atomic E-state index is 13.3. The minimum absolute atomic E-state index is 0.0724. The summed E-state index contributed by atoms with van der Waals surface area (Å²) in [7, 11) is 0. The Morgan fingerprint density at radius 2 is 1.96 bits per heavy atom. The molecule has 3 unspecified atom stereocenters. The highest BCUT2D eigenvalue weighted by Gasteiger charge is 2.60. The van der Waals surface area contributed by atoms with Crippen molar-refractivity contribution in [3.63, 3.8) is 0 Å². The lowest BCUT2D eigenvalue weighted by molar-refractivity contribution is -0.151. The Morgan fingerprint density at radius 3 is 2.65 bits per heavy atom. The summed E-state index contributed by atoms with van der Waals surface area (Å²) in [6, 6.07) is 0. The number of rotatable bonds is 2. The highest BCUT2D eigenvalue weighted by molar-refractivity contribution is 5.97. The van der Waals surface area contributed by atoms with E-state index in [2.05, 4.69) is 26.8 Å². The second kappa shape index (κ2) is 6.21. The first kappa shape index (κ1) is 18.3. The first-order valence-corrected chi connectivity index (χ1v) is 10.7. The van der Waals surface area contributed by atoms with Crippen LogP contribution in [0.5, 0.6) is 0 Å². The SMILES string of the molecule is CCC1CCC2C3CC[C@@H]4C[C@H](OC(C)=O)CC[C@]4(C)C3=CC(=O)[C@]12C. The Morgan fingerprint density at radius 1 is 1.19 bits per heavy atom. The van der Waals surface area contributed by atoms with Gasteiger partial charge >= 0.3 is 5.97 Å². The van der Waals surface area contributed by atoms with Gasteiger partial charge < -0.3 is 4.74 Å². The number of hydrogen-bond acceptors (Lipinski definition) is 3. The third kappa shape index (κ3) is 2.45. The third-order valence-corrected chi connectivity index (χ3v) is 8.89. The summed E-state index contributed by atoms with van der Waals surface area (Å²) >= 11 is 0. The topological polar surface area (TPSA) is 43.4 Å². The maximum Gasteiger partial charge on any atom is 0.302 e. The summed E-state index contributed by atoms with van der Waals surface area (Å²) in [5, 5.41) is 0. The number of ketones is 1. The molecule has 0 aliphatic heterocycles. The molecule has 3 saturated carbocycles. The molecular formula is C23H34O3. The van der Waals surface area contributed by atoms with Crippen LogP contribution in [-0.4, -0.2) is 17.9 Å². The van der Waals surface area contributed by atoms with Crippen molar-refractivity contribution < 1.29 is 14.3 Å². The zero-order valence-electron chi connectivity index (χ0n) is 16.8. The standard InChI is InChI=1S/C23H34O3/c1-5-15-7-9-19-18-8-6-16-12-17(26-14(2)24)10-11-22(16,3)20(18)13-21(25)23(15,19)4/h13,15-19H,5-12H2,1-4H3/t15?,16-,17-,18?,19?,22+,23-/m1/s1. The molecule has 0 aromatic heterocycles. The molecule has 0 aromatic carbocycles. The summed E-state index contributed by atoms with van der Waals surface area (Å²) in [6.07, 6.45) is 11.1. The van der Waals surface area contributed by atoms with E-state index in [9.17, 15) is 9.59 Å². The van der Waals surface area contributed by atoms with E-state index < -0.39 is 0 Å². The molecule has 0 N–H and O–H groups in total. The molecule has 0 radical (unpaired) electrons. The van der Waals surface area contributed by atoms with E-state index in [1.165, 1.54) is 38.2 Å². The molecule has 4 aliphatic carbocycles. The Hall–Kier alpha value is -1.12. The second-order valence-electron chi connectivity index (χ2n) is 9.84. The zero-order valence-corrected chi connectivity index (χ0v) is 16.8. The highest BCUT2D eigenvalue weighted by atomic mass is 16.5. The molecule has 0 heterocycles. The highest BCUT2D eigenvalue weighted by Crippen LogP contribution is 2.64. The molecule has 7 atom stereocenters. The lowest BCUT2D eigenvalue weighted by Crippen LogP contribution is -2.51. The van der Waals surface area contributed by atoms with Gasteiger partial charge in [0, 0.05) is 12.3 Å². The van der Waals surface area contributed by atoms with Crippen LogP contribution in [0.1, 0.15) is 79.1 Å². The van der Waals surface area contributed by atoms with E-state index in [4.69, 9.17) is 4.74 Å². The molecule has 0 bridgehead atoms. The van der Waals surface area contributed by atoms with Gasteiger partial charge in [-0.2, -0.15) is 0 Å². The van der Waals surface area contributed by atoms with Crippen LogP contribution in [0, 0.1) is 34.5 Å². The van der Waals surface area contributed by atoms with Crippen molar-refractivity contribution in [2.45, 2.75) is 85.2 Å². The summed E-state index contributed by atoms with van der Waals surface area (Å²) in [4.78, 5) is 24.7. The Balaban J connectivity index is 1.64. The normalized spacial score (nSPS) is 47.5. The van der Waals surface area contributed by atoms with Crippen molar-refractivity contribution in [3.8, 4) is 0 Å². The quantitative estimate of drug-likeness (QED) is 0.646. The van der Waals surface area contributed by atoms with Gasteiger partial charge in [0.05, 0.1) is 0 Å². The van der Waals surface area contributed by atoms with Gasteiger partial charge in [0.2, 0.25) is 0 Å². The summed E-state index contributed by atoms with van der Waals surface area (Å²) < 4.78 is 5.53. The van der Waals surface area contributed by atoms with E-state index in [1.54, 1.807) is 0 Å². The number of allylic oxidation sites excluding steroid dienone is 2. The molecule has 3 fully saturated rings. The van der Waals surface area contributed by atoms with E-state index in [1.807, 2.05) is 0 Å². The van der Waals surface area contributed by atoms with Crippen LogP contribution in [0.3, 0.4) is 0 Å². The molecule has 3 heteroatoms. The van der Waals surface area contributed by atoms with Gasteiger partial charge in [0.1, 0.15) is 6.10 Å². The number of ether oxygens (including phenoxy) is 1. The van der Waals surface area contributed by atoms with Gasteiger partial charge in [-0.05, 0) is 80.1 Å². The molecule has 144 valence electrons. The monoisotopic (exact) mass is 358 g/mol. The van der Waals surface area contributed by atoms with Crippen molar-refractivity contribution >= 4 is 11.8 Å². The van der Waals surface area contributed by atoms with Crippen LogP contribution in [0.25, 0.3) is 0 Å². The molecule has 0 amide bonds. The van der Waals surface area contributed by atoms with Crippen molar-refractivity contribution in [2.24, 2.45) is 34.5 Å². The lowest BCUT2D eigenvalue weighted by atomic mass is 9.48. The maximum absolute atomic E-state index is 13.3. The molecular weight excluding hydrogens is 324 g/mol. The minimum atomic E-state index is -0.160. The average molecular weight is 359 g/mol. The number of esters is 1. The van der Waals surface area contributed by atoms with Crippen LogP contribution in [-0.2, 0) is 14.3 Å². The van der Waals surface area contributed by atoms with E-state index in [0.717, 1.165) is 25.7 Å². The van der Waals surface area contributed by atoms with Gasteiger partial charge in [0.15, 0.2) is 5.78 Å². The average Bonchev–Trinajstić information content (AvgIpc) is 2.94. The van der Waals surface area contributed by atoms with Gasteiger partial charge in [0.25, 0.3) is 0 Å². The van der Waals surface area contributed by atoms with Crippen molar-refractivity contribution in [1.82, 2.24) is 0 Å². The molecule has 0 spiro atoms. The Labute approximate surface area is 157 Å². The van der Waals surface area contributed by atoms with Crippen LogP contribution >= 0.6 is 0 Å². The second-order valence-corrected chi connectivity index (χ2v) is 9.84. The predicted octanol–water partition coefficient (Wildman–Crippen LogP) is 5.09. The Kier molecular flexibility index (Phi) is 4.36. The largest absolute Gasteiger partial charge is 0.463 e. The first-order valence-electron chi connectivity index (χ1n) is 10.7. The van der Waals surface area contributed by atoms with Crippen LogP contribution in [0.2, 0.25) is 0 Å². The van der Waals surface area contributed by atoms with Crippen molar-refractivity contribution in [2.75, 3.05) is 0 Å². The summed E-state index contributed by atoms with van der Waals surface area (Å²) in [5.74, 6) is 2.49. The molecule has 0 aromatic rings. The van der Waals surface area contributed by atoms with E-state index >= 15 is 0 Å².